The number of piperidine rings is 1. The van der Waals surface area contributed by atoms with Crippen LogP contribution in [-0.4, -0.2) is 66.5 Å². The predicted molar refractivity (Wildman–Crippen MR) is 151 cm³/mol. The summed E-state index contributed by atoms with van der Waals surface area (Å²) >= 11 is 0. The first kappa shape index (κ1) is 25.7. The molecule has 38 heavy (non-hydrogen) atoms. The van der Waals surface area contributed by atoms with E-state index in [-0.39, 0.29) is 23.4 Å². The number of urea groups is 1. The maximum Gasteiger partial charge on any atom is 0.319 e. The number of benzene rings is 2. The van der Waals surface area contributed by atoms with Crippen LogP contribution in [0.3, 0.4) is 0 Å². The Hall–Kier alpha value is -3.91. The van der Waals surface area contributed by atoms with Crippen molar-refractivity contribution >= 4 is 29.0 Å². The number of hydrogen-bond acceptors (Lipinski definition) is 5. The molecule has 0 radical (unpaired) electrons. The van der Waals surface area contributed by atoms with E-state index in [2.05, 4.69) is 61.8 Å². The Morgan fingerprint density at radius 2 is 1.76 bits per heavy atom. The summed E-state index contributed by atoms with van der Waals surface area (Å²) in [6.45, 7) is 5.16. The zero-order valence-electron chi connectivity index (χ0n) is 22.4. The second-order valence-electron chi connectivity index (χ2n) is 10.5. The molecular weight excluding hydrogens is 476 g/mol. The lowest BCUT2D eigenvalue weighted by atomic mass is 9.74. The van der Waals surface area contributed by atoms with E-state index < -0.39 is 0 Å². The number of hydrogen-bond donors (Lipinski definition) is 2. The molecule has 2 aromatic carbocycles. The van der Waals surface area contributed by atoms with Gasteiger partial charge >= 0.3 is 6.03 Å². The van der Waals surface area contributed by atoms with Crippen LogP contribution >= 0.6 is 0 Å². The van der Waals surface area contributed by atoms with E-state index in [1.807, 2.05) is 45.3 Å². The number of likely N-dealkylation sites (N-methyl/N-ethyl adjacent to an activating group) is 1. The standard InChI is InChI=1S/C30H36N6O2/c1-22(28(37)34(2)3)35-17-14-30(15-18-35)21-36(27-9-5-4-8-26(27)30)25-12-10-24(11-13-25)33-29(38)32-20-23-7-6-16-31-19-23/h4-13,16,19,22H,14-15,17-18,20-21H2,1-3H3,(H2,32,33,38). The zero-order chi connectivity index (χ0) is 26.7. The van der Waals surface area contributed by atoms with Gasteiger partial charge < -0.3 is 20.4 Å². The van der Waals surface area contributed by atoms with Crippen molar-refractivity contribution in [1.29, 1.82) is 0 Å². The fraction of sp³-hybridized carbons (Fsp3) is 0.367. The van der Waals surface area contributed by atoms with Crippen LogP contribution in [0.4, 0.5) is 21.9 Å². The molecule has 8 nitrogen and oxygen atoms in total. The number of rotatable bonds is 6. The number of carbonyl (C=O) groups is 2. The molecule has 2 aliphatic heterocycles. The normalized spacial score (nSPS) is 17.1. The van der Waals surface area contributed by atoms with Crippen molar-refractivity contribution in [2.24, 2.45) is 0 Å². The molecule has 8 heteroatoms. The fourth-order valence-corrected chi connectivity index (χ4v) is 5.74. The van der Waals surface area contributed by atoms with Gasteiger partial charge in [0.05, 0.1) is 6.04 Å². The van der Waals surface area contributed by atoms with Gasteiger partial charge in [-0.25, -0.2) is 4.79 Å². The molecule has 3 aromatic rings. The minimum Gasteiger partial charge on any atom is -0.347 e. The third kappa shape index (κ3) is 5.22. The smallest absolute Gasteiger partial charge is 0.319 e. The number of pyridine rings is 1. The third-order valence-electron chi connectivity index (χ3n) is 7.94. The van der Waals surface area contributed by atoms with Crippen LogP contribution in [0.2, 0.25) is 0 Å². The summed E-state index contributed by atoms with van der Waals surface area (Å²) in [7, 11) is 3.65. The maximum absolute atomic E-state index is 12.5. The van der Waals surface area contributed by atoms with Crippen molar-refractivity contribution in [2.75, 3.05) is 43.9 Å². The summed E-state index contributed by atoms with van der Waals surface area (Å²) in [4.78, 5) is 35.4. The van der Waals surface area contributed by atoms with E-state index in [1.54, 1.807) is 17.3 Å². The molecule has 1 unspecified atom stereocenters. The van der Waals surface area contributed by atoms with Gasteiger partial charge in [-0.3, -0.25) is 14.7 Å². The number of amides is 3. The molecule has 5 rings (SSSR count). The van der Waals surface area contributed by atoms with Gasteiger partial charge in [-0.05, 0) is 80.4 Å². The molecule has 0 saturated carbocycles. The zero-order valence-corrected chi connectivity index (χ0v) is 22.4. The first-order chi connectivity index (χ1) is 18.4. The largest absolute Gasteiger partial charge is 0.347 e. The fourth-order valence-electron chi connectivity index (χ4n) is 5.74. The third-order valence-corrected chi connectivity index (χ3v) is 7.94. The number of fused-ring (bicyclic) bond motifs is 2. The van der Waals surface area contributed by atoms with E-state index in [1.165, 1.54) is 11.3 Å². The van der Waals surface area contributed by atoms with Crippen LogP contribution < -0.4 is 15.5 Å². The minimum atomic E-state index is -0.249. The second-order valence-corrected chi connectivity index (χ2v) is 10.5. The molecule has 2 aliphatic rings. The van der Waals surface area contributed by atoms with Gasteiger partial charge in [0.25, 0.3) is 0 Å². The molecule has 2 N–H and O–H groups in total. The van der Waals surface area contributed by atoms with Gasteiger partial charge in [0.1, 0.15) is 0 Å². The van der Waals surface area contributed by atoms with E-state index >= 15 is 0 Å². The summed E-state index contributed by atoms with van der Waals surface area (Å²) in [5, 5.41) is 5.78. The van der Waals surface area contributed by atoms with Crippen LogP contribution in [0.15, 0.2) is 73.1 Å². The van der Waals surface area contributed by atoms with Crippen molar-refractivity contribution < 1.29 is 9.59 Å². The molecular formula is C30H36N6O2. The lowest BCUT2D eigenvalue weighted by Gasteiger charge is -2.42. The number of nitrogens with zero attached hydrogens (tertiary/aromatic N) is 4. The number of para-hydroxylation sites is 1. The van der Waals surface area contributed by atoms with Crippen molar-refractivity contribution in [3.05, 3.63) is 84.2 Å². The van der Waals surface area contributed by atoms with Crippen LogP contribution in [0.25, 0.3) is 0 Å². The van der Waals surface area contributed by atoms with Crippen LogP contribution in [0, 0.1) is 0 Å². The monoisotopic (exact) mass is 512 g/mol. The Kier molecular flexibility index (Phi) is 7.33. The first-order valence-corrected chi connectivity index (χ1v) is 13.2. The quantitative estimate of drug-likeness (QED) is 0.513. The summed E-state index contributed by atoms with van der Waals surface area (Å²) < 4.78 is 0. The van der Waals surface area contributed by atoms with Gasteiger partial charge in [-0.1, -0.05) is 24.3 Å². The average molecular weight is 513 g/mol. The molecule has 3 heterocycles. The van der Waals surface area contributed by atoms with Crippen molar-refractivity contribution in [1.82, 2.24) is 20.1 Å². The Labute approximate surface area is 224 Å². The van der Waals surface area contributed by atoms with Crippen LogP contribution in [-0.2, 0) is 16.8 Å². The highest BCUT2D eigenvalue weighted by atomic mass is 16.2. The Morgan fingerprint density at radius 1 is 1.03 bits per heavy atom. The van der Waals surface area contributed by atoms with E-state index in [0.29, 0.717) is 6.54 Å². The second kappa shape index (κ2) is 10.8. The number of likely N-dealkylation sites (tertiary alicyclic amines) is 1. The molecule has 1 saturated heterocycles. The number of carbonyl (C=O) groups excluding carboxylic acids is 2. The highest BCUT2D eigenvalue weighted by molar-refractivity contribution is 5.89. The van der Waals surface area contributed by atoms with Crippen LogP contribution in [0.5, 0.6) is 0 Å². The molecule has 1 spiro atoms. The Bertz CT molecular complexity index is 1270. The average Bonchev–Trinajstić information content (AvgIpc) is 3.26. The highest BCUT2D eigenvalue weighted by Crippen LogP contribution is 2.49. The van der Waals surface area contributed by atoms with Crippen LogP contribution in [0.1, 0.15) is 30.9 Å². The van der Waals surface area contributed by atoms with Gasteiger partial charge in [-0.15, -0.1) is 0 Å². The van der Waals surface area contributed by atoms with E-state index in [0.717, 1.165) is 49.4 Å². The summed E-state index contributed by atoms with van der Waals surface area (Å²) in [5.41, 5.74) is 5.50. The van der Waals surface area contributed by atoms with E-state index in [4.69, 9.17) is 0 Å². The summed E-state index contributed by atoms with van der Waals surface area (Å²) in [5.74, 6) is 0.161. The molecule has 0 aliphatic carbocycles. The predicted octanol–water partition coefficient (Wildman–Crippen LogP) is 4.37. The molecule has 3 amide bonds. The minimum absolute atomic E-state index is 0.0665. The number of aromatic nitrogens is 1. The van der Waals surface area contributed by atoms with Gasteiger partial charge in [0.15, 0.2) is 0 Å². The van der Waals surface area contributed by atoms with Gasteiger partial charge in [0, 0.05) is 62.1 Å². The van der Waals surface area contributed by atoms with Gasteiger partial charge in [-0.2, -0.15) is 0 Å². The Morgan fingerprint density at radius 3 is 2.45 bits per heavy atom. The van der Waals surface area contributed by atoms with Crippen molar-refractivity contribution in [2.45, 2.75) is 37.8 Å². The molecule has 1 aromatic heterocycles. The first-order valence-electron chi connectivity index (χ1n) is 13.2. The van der Waals surface area contributed by atoms with Gasteiger partial charge in [0.2, 0.25) is 5.91 Å². The molecule has 1 fully saturated rings. The Balaban J connectivity index is 1.25. The van der Waals surface area contributed by atoms with E-state index in [9.17, 15) is 9.59 Å². The van der Waals surface area contributed by atoms with Crippen molar-refractivity contribution in [3.63, 3.8) is 0 Å². The lowest BCUT2D eigenvalue weighted by molar-refractivity contribution is -0.134. The molecule has 198 valence electrons. The highest BCUT2D eigenvalue weighted by Gasteiger charge is 2.45. The molecule has 1 atom stereocenters. The summed E-state index contributed by atoms with van der Waals surface area (Å²) in [6, 6.07) is 20.2. The summed E-state index contributed by atoms with van der Waals surface area (Å²) in [6.07, 6.45) is 5.48. The number of anilines is 3. The SMILES string of the molecule is CC(C(=O)N(C)C)N1CCC2(CC1)CN(c1ccc(NC(=O)NCc3cccnc3)cc1)c1ccccc12. The topological polar surface area (TPSA) is 80.8 Å². The number of nitrogens with one attached hydrogen (secondary N) is 2. The lowest BCUT2D eigenvalue weighted by Crippen LogP contribution is -2.51. The maximum atomic E-state index is 12.5. The molecule has 0 bridgehead atoms. The van der Waals surface area contributed by atoms with Crippen molar-refractivity contribution in [3.8, 4) is 0 Å².